The van der Waals surface area contributed by atoms with Gasteiger partial charge in [-0.05, 0) is 42.8 Å². The van der Waals surface area contributed by atoms with E-state index in [1.54, 1.807) is 33.5 Å². The second kappa shape index (κ2) is 7.60. The molecule has 0 saturated heterocycles. The Bertz CT molecular complexity index is 1260. The van der Waals surface area contributed by atoms with Crippen molar-refractivity contribution in [3.63, 3.8) is 0 Å². The van der Waals surface area contributed by atoms with E-state index in [1.807, 2.05) is 37.3 Å². The molecule has 0 unspecified atom stereocenters. The Morgan fingerprint density at radius 1 is 0.931 bits per heavy atom. The summed E-state index contributed by atoms with van der Waals surface area (Å²) in [6.07, 6.45) is 0. The first-order valence-corrected chi connectivity index (χ1v) is 9.77. The van der Waals surface area contributed by atoms with E-state index in [1.165, 1.54) is 11.3 Å². The van der Waals surface area contributed by atoms with Crippen molar-refractivity contribution in [2.75, 3.05) is 21.3 Å². The number of H-pyrrole nitrogens is 1. The van der Waals surface area contributed by atoms with E-state index in [4.69, 9.17) is 19.2 Å². The van der Waals surface area contributed by atoms with E-state index in [0.717, 1.165) is 27.3 Å². The fraction of sp³-hybridized carbons (Fsp3) is 0.182. The van der Waals surface area contributed by atoms with Gasteiger partial charge in [0.15, 0.2) is 11.5 Å². The van der Waals surface area contributed by atoms with Gasteiger partial charge >= 0.3 is 0 Å². The topological polar surface area (TPSA) is 73.4 Å². The minimum absolute atomic E-state index is 0.179. The van der Waals surface area contributed by atoms with Crippen LogP contribution in [-0.2, 0) is 0 Å². The monoisotopic (exact) mass is 408 g/mol. The zero-order valence-corrected chi connectivity index (χ0v) is 17.3. The Balaban J connectivity index is 1.89. The molecule has 0 amide bonds. The first-order chi connectivity index (χ1) is 14.0. The summed E-state index contributed by atoms with van der Waals surface area (Å²) in [4.78, 5) is 22.4. The molecule has 0 aliphatic heterocycles. The summed E-state index contributed by atoms with van der Waals surface area (Å²) in [7, 11) is 4.78. The van der Waals surface area contributed by atoms with Crippen molar-refractivity contribution in [3.05, 3.63) is 57.7 Å². The summed E-state index contributed by atoms with van der Waals surface area (Å²) in [5.41, 5.74) is 2.38. The molecular formula is C22H20N2O4S. The summed E-state index contributed by atoms with van der Waals surface area (Å²) in [6.45, 7) is 2.00. The Hall–Kier alpha value is -3.32. The molecule has 0 spiro atoms. The van der Waals surface area contributed by atoms with Crippen molar-refractivity contribution < 1.29 is 14.2 Å². The Morgan fingerprint density at radius 3 is 2.45 bits per heavy atom. The number of benzene rings is 2. The molecule has 0 bridgehead atoms. The van der Waals surface area contributed by atoms with Crippen LogP contribution in [-0.4, -0.2) is 31.3 Å². The third-order valence-corrected chi connectivity index (χ3v) is 5.75. The molecule has 0 saturated carbocycles. The van der Waals surface area contributed by atoms with E-state index < -0.39 is 0 Å². The van der Waals surface area contributed by atoms with Crippen LogP contribution >= 0.6 is 11.3 Å². The lowest BCUT2D eigenvalue weighted by atomic mass is 10.0. The van der Waals surface area contributed by atoms with Gasteiger partial charge in [0.1, 0.15) is 16.4 Å². The average molecular weight is 408 g/mol. The molecule has 148 valence electrons. The van der Waals surface area contributed by atoms with Crippen molar-refractivity contribution in [3.8, 4) is 39.8 Å². The predicted molar refractivity (Wildman–Crippen MR) is 116 cm³/mol. The zero-order valence-electron chi connectivity index (χ0n) is 16.5. The average Bonchev–Trinajstić information content (AvgIpc) is 3.09. The largest absolute Gasteiger partial charge is 0.497 e. The summed E-state index contributed by atoms with van der Waals surface area (Å²) in [5.74, 6) is 2.42. The molecule has 0 fully saturated rings. The molecule has 29 heavy (non-hydrogen) atoms. The van der Waals surface area contributed by atoms with Gasteiger partial charge in [-0.1, -0.05) is 12.1 Å². The molecule has 0 radical (unpaired) electrons. The SMILES string of the molecule is COc1cccc(-c2c(C)sc3nc(-c4ccc(OC)c(OC)c4)[nH]c(=O)c23)c1. The molecule has 2 aromatic heterocycles. The molecule has 1 N–H and O–H groups in total. The summed E-state index contributed by atoms with van der Waals surface area (Å²) >= 11 is 1.50. The van der Waals surface area contributed by atoms with Crippen LogP contribution in [0.5, 0.6) is 17.2 Å². The van der Waals surface area contributed by atoms with Gasteiger partial charge in [-0.3, -0.25) is 4.79 Å². The number of nitrogens with one attached hydrogen (secondary N) is 1. The van der Waals surface area contributed by atoms with Crippen LogP contribution in [0.25, 0.3) is 32.7 Å². The number of fused-ring (bicyclic) bond motifs is 1. The number of aromatic nitrogens is 2. The van der Waals surface area contributed by atoms with Gasteiger partial charge < -0.3 is 19.2 Å². The van der Waals surface area contributed by atoms with Crippen LogP contribution in [0.2, 0.25) is 0 Å². The number of nitrogens with zero attached hydrogens (tertiary/aromatic N) is 1. The van der Waals surface area contributed by atoms with Gasteiger partial charge in [0.2, 0.25) is 0 Å². The minimum Gasteiger partial charge on any atom is -0.497 e. The number of aromatic amines is 1. The maximum atomic E-state index is 13.0. The van der Waals surface area contributed by atoms with Crippen LogP contribution in [0, 0.1) is 6.92 Å². The maximum absolute atomic E-state index is 13.0. The highest BCUT2D eigenvalue weighted by Crippen LogP contribution is 2.38. The maximum Gasteiger partial charge on any atom is 0.260 e. The van der Waals surface area contributed by atoms with Crippen molar-refractivity contribution >= 4 is 21.6 Å². The quantitative estimate of drug-likeness (QED) is 0.520. The van der Waals surface area contributed by atoms with E-state index in [9.17, 15) is 4.79 Å². The molecule has 4 aromatic rings. The molecule has 0 aliphatic carbocycles. The standard InChI is InChI=1S/C22H20N2O4S/c1-12-18(13-6-5-7-15(10-13)26-2)19-21(25)23-20(24-22(19)29-12)14-8-9-16(27-3)17(11-14)28-4/h5-11H,1-4H3,(H,23,24,25). The number of hydrogen-bond donors (Lipinski definition) is 1. The Labute approximate surface area is 171 Å². The summed E-state index contributed by atoms with van der Waals surface area (Å²) in [6, 6.07) is 13.1. The van der Waals surface area contributed by atoms with E-state index in [2.05, 4.69) is 4.98 Å². The van der Waals surface area contributed by atoms with Crippen LogP contribution in [0.15, 0.2) is 47.3 Å². The fourth-order valence-electron chi connectivity index (χ4n) is 3.37. The van der Waals surface area contributed by atoms with Gasteiger partial charge in [0.25, 0.3) is 5.56 Å². The lowest BCUT2D eigenvalue weighted by Crippen LogP contribution is -2.09. The molecule has 0 atom stereocenters. The van der Waals surface area contributed by atoms with Gasteiger partial charge in [0, 0.05) is 16.0 Å². The minimum atomic E-state index is -0.179. The molecule has 2 heterocycles. The number of aryl methyl sites for hydroxylation is 1. The van der Waals surface area contributed by atoms with E-state index >= 15 is 0 Å². The van der Waals surface area contributed by atoms with E-state index in [0.29, 0.717) is 27.5 Å². The van der Waals surface area contributed by atoms with Gasteiger partial charge in [-0.2, -0.15) is 0 Å². The Morgan fingerprint density at radius 2 is 1.72 bits per heavy atom. The van der Waals surface area contributed by atoms with Crippen molar-refractivity contribution in [2.24, 2.45) is 0 Å². The number of methoxy groups -OCH3 is 3. The second-order valence-electron chi connectivity index (χ2n) is 6.43. The molecule has 7 heteroatoms. The summed E-state index contributed by atoms with van der Waals surface area (Å²) < 4.78 is 16.0. The van der Waals surface area contributed by atoms with Crippen molar-refractivity contribution in [2.45, 2.75) is 6.92 Å². The normalized spacial score (nSPS) is 10.9. The molecule has 0 aliphatic rings. The highest BCUT2D eigenvalue weighted by atomic mass is 32.1. The lowest BCUT2D eigenvalue weighted by Gasteiger charge is -2.09. The summed E-state index contributed by atoms with van der Waals surface area (Å²) in [5, 5.41) is 0.588. The molecule has 2 aromatic carbocycles. The Kier molecular flexibility index (Phi) is 4.98. The van der Waals surface area contributed by atoms with Crippen LogP contribution in [0.4, 0.5) is 0 Å². The molecular weight excluding hydrogens is 388 g/mol. The van der Waals surface area contributed by atoms with E-state index in [-0.39, 0.29) is 5.56 Å². The van der Waals surface area contributed by atoms with Crippen LogP contribution < -0.4 is 19.8 Å². The van der Waals surface area contributed by atoms with Crippen molar-refractivity contribution in [1.82, 2.24) is 9.97 Å². The fourth-order valence-corrected chi connectivity index (χ4v) is 4.41. The predicted octanol–water partition coefficient (Wildman–Crippen LogP) is 4.65. The highest BCUT2D eigenvalue weighted by Gasteiger charge is 2.18. The first kappa shape index (κ1) is 19.0. The van der Waals surface area contributed by atoms with Gasteiger partial charge in [0.05, 0.1) is 26.7 Å². The second-order valence-corrected chi connectivity index (χ2v) is 7.63. The number of hydrogen-bond acceptors (Lipinski definition) is 6. The smallest absolute Gasteiger partial charge is 0.260 e. The first-order valence-electron chi connectivity index (χ1n) is 8.96. The number of rotatable bonds is 5. The third-order valence-electron chi connectivity index (χ3n) is 4.75. The number of ether oxygens (including phenoxy) is 3. The molecule has 6 nitrogen and oxygen atoms in total. The van der Waals surface area contributed by atoms with Crippen molar-refractivity contribution in [1.29, 1.82) is 0 Å². The lowest BCUT2D eigenvalue weighted by molar-refractivity contribution is 0.355. The highest BCUT2D eigenvalue weighted by molar-refractivity contribution is 7.19. The molecule has 4 rings (SSSR count). The van der Waals surface area contributed by atoms with Crippen LogP contribution in [0.1, 0.15) is 4.88 Å². The number of thiophene rings is 1. The van der Waals surface area contributed by atoms with Crippen LogP contribution in [0.3, 0.4) is 0 Å². The zero-order chi connectivity index (χ0) is 20.5. The third kappa shape index (κ3) is 3.34. The van der Waals surface area contributed by atoms with Gasteiger partial charge in [-0.25, -0.2) is 4.98 Å². The van der Waals surface area contributed by atoms with Gasteiger partial charge in [-0.15, -0.1) is 11.3 Å².